The molecule has 7 heteroatoms. The Hall–Kier alpha value is -0.390. The Morgan fingerprint density at radius 2 is 1.55 bits per heavy atom. The SMILES string of the molecule is FC=C(F)C(F)(Cl)C(F)(F)F. The van der Waals surface area contributed by atoms with Gasteiger partial charge < -0.3 is 0 Å². The monoisotopic (exact) mass is 198 g/mol. The summed E-state index contributed by atoms with van der Waals surface area (Å²) in [6, 6.07) is 0. The lowest BCUT2D eigenvalue weighted by molar-refractivity contribution is -0.190. The first-order valence-electron chi connectivity index (χ1n) is 2.14. The zero-order chi connectivity index (χ0) is 9.28. The Labute approximate surface area is 62.4 Å². The van der Waals surface area contributed by atoms with Gasteiger partial charge in [-0.15, -0.1) is 0 Å². The topological polar surface area (TPSA) is 0 Å². The molecule has 0 nitrogen and oxygen atoms in total. The van der Waals surface area contributed by atoms with Gasteiger partial charge in [-0.3, -0.25) is 0 Å². The fourth-order valence-corrected chi connectivity index (χ4v) is 0.245. The van der Waals surface area contributed by atoms with E-state index in [2.05, 4.69) is 11.6 Å². The van der Waals surface area contributed by atoms with Crippen LogP contribution in [0.3, 0.4) is 0 Å². The molecule has 1 atom stereocenters. The predicted molar refractivity (Wildman–Crippen MR) is 26.0 cm³/mol. The Morgan fingerprint density at radius 3 is 1.64 bits per heavy atom. The highest BCUT2D eigenvalue weighted by Crippen LogP contribution is 2.43. The van der Waals surface area contributed by atoms with Crippen molar-refractivity contribution in [3.05, 3.63) is 12.2 Å². The molecule has 0 bridgehead atoms. The van der Waals surface area contributed by atoms with Gasteiger partial charge in [0.2, 0.25) is 0 Å². The van der Waals surface area contributed by atoms with E-state index >= 15 is 0 Å². The third-order valence-corrected chi connectivity index (χ3v) is 1.15. The molecule has 11 heavy (non-hydrogen) atoms. The average molecular weight is 198 g/mol. The standard InChI is InChI=1S/C4HClF6/c5-3(8,2(7)1-6)4(9,10)11/h1H. The van der Waals surface area contributed by atoms with Crippen LogP contribution in [-0.2, 0) is 0 Å². The molecule has 0 aliphatic heterocycles. The summed E-state index contributed by atoms with van der Waals surface area (Å²) in [4.78, 5) is 0. The molecule has 1 unspecified atom stereocenters. The summed E-state index contributed by atoms with van der Waals surface area (Å²) in [6.07, 6.45) is -6.85. The highest BCUT2D eigenvalue weighted by atomic mass is 35.5. The first-order chi connectivity index (χ1) is 4.73. The zero-order valence-corrected chi connectivity index (χ0v) is 5.48. The second kappa shape index (κ2) is 2.92. The lowest BCUT2D eigenvalue weighted by Crippen LogP contribution is -2.35. The fraction of sp³-hybridized carbons (Fsp3) is 0.500. The number of rotatable bonds is 1. The van der Waals surface area contributed by atoms with E-state index in [9.17, 15) is 26.3 Å². The molecular formula is C4HClF6. The molecule has 0 saturated heterocycles. The van der Waals surface area contributed by atoms with Gasteiger partial charge in [-0.2, -0.15) is 13.2 Å². The van der Waals surface area contributed by atoms with Gasteiger partial charge in [-0.1, -0.05) is 11.6 Å². The van der Waals surface area contributed by atoms with Gasteiger partial charge in [0.25, 0.3) is 0 Å². The second-order valence-electron chi connectivity index (χ2n) is 1.53. The van der Waals surface area contributed by atoms with E-state index < -0.39 is 23.5 Å². The lowest BCUT2D eigenvalue weighted by Gasteiger charge is -2.17. The van der Waals surface area contributed by atoms with Gasteiger partial charge in [-0.05, 0) is 0 Å². The van der Waals surface area contributed by atoms with Crippen LogP contribution in [0.4, 0.5) is 26.3 Å². The summed E-state index contributed by atoms with van der Waals surface area (Å²) in [5, 5.41) is -4.76. The first kappa shape index (κ1) is 10.6. The molecule has 0 spiro atoms. The van der Waals surface area contributed by atoms with Crippen molar-refractivity contribution in [2.45, 2.75) is 11.3 Å². The number of alkyl halides is 5. The van der Waals surface area contributed by atoms with Gasteiger partial charge >= 0.3 is 11.3 Å². The maximum absolute atomic E-state index is 11.9. The van der Waals surface area contributed by atoms with Gasteiger partial charge in [-0.25, -0.2) is 13.2 Å². The van der Waals surface area contributed by atoms with Crippen molar-refractivity contribution in [3.63, 3.8) is 0 Å². The van der Waals surface area contributed by atoms with E-state index in [1.54, 1.807) is 0 Å². The Balaban J connectivity index is 4.74. The molecule has 0 aliphatic rings. The van der Waals surface area contributed by atoms with E-state index in [1.807, 2.05) is 0 Å². The summed E-state index contributed by atoms with van der Waals surface area (Å²) < 4.78 is 68.6. The summed E-state index contributed by atoms with van der Waals surface area (Å²) in [7, 11) is 0. The van der Waals surface area contributed by atoms with Crippen molar-refractivity contribution in [2.24, 2.45) is 0 Å². The zero-order valence-electron chi connectivity index (χ0n) is 4.72. The molecule has 0 fully saturated rings. The summed E-state index contributed by atoms with van der Waals surface area (Å²) in [5.74, 6) is -2.72. The number of halogens is 7. The van der Waals surface area contributed by atoms with Crippen molar-refractivity contribution < 1.29 is 26.3 Å². The highest BCUT2D eigenvalue weighted by Gasteiger charge is 2.59. The largest absolute Gasteiger partial charge is 0.444 e. The van der Waals surface area contributed by atoms with Gasteiger partial charge in [0.1, 0.15) is 6.33 Å². The van der Waals surface area contributed by atoms with E-state index in [0.717, 1.165) is 0 Å². The number of allylic oxidation sites excluding steroid dienone is 1. The molecule has 0 N–H and O–H groups in total. The molecule has 0 aromatic heterocycles. The first-order valence-corrected chi connectivity index (χ1v) is 2.52. The molecule has 0 amide bonds. The Kier molecular flexibility index (Phi) is 2.82. The number of hydrogen-bond donors (Lipinski definition) is 0. The second-order valence-corrected chi connectivity index (χ2v) is 2.05. The quantitative estimate of drug-likeness (QED) is 0.448. The minimum absolute atomic E-state index is 1.18. The van der Waals surface area contributed by atoms with E-state index in [4.69, 9.17) is 0 Å². The van der Waals surface area contributed by atoms with Crippen LogP contribution in [0.1, 0.15) is 0 Å². The molecule has 0 rings (SSSR count). The normalized spacial score (nSPS) is 19.7. The van der Waals surface area contributed by atoms with Crippen LogP contribution in [0, 0.1) is 0 Å². The summed E-state index contributed by atoms with van der Waals surface area (Å²) in [6.45, 7) is 0. The van der Waals surface area contributed by atoms with Crippen molar-refractivity contribution in [1.29, 1.82) is 0 Å². The molecule has 0 saturated carbocycles. The molecule has 0 aromatic rings. The minimum Gasteiger partial charge on any atom is -0.213 e. The van der Waals surface area contributed by atoms with E-state index in [-0.39, 0.29) is 0 Å². The van der Waals surface area contributed by atoms with E-state index in [0.29, 0.717) is 0 Å². The highest BCUT2D eigenvalue weighted by molar-refractivity contribution is 6.25. The van der Waals surface area contributed by atoms with Crippen molar-refractivity contribution in [2.75, 3.05) is 0 Å². The molecule has 66 valence electrons. The van der Waals surface area contributed by atoms with Crippen LogP contribution < -0.4 is 0 Å². The molecular weight excluding hydrogens is 197 g/mol. The van der Waals surface area contributed by atoms with Gasteiger partial charge in [0.05, 0.1) is 0 Å². The molecule has 0 heterocycles. The molecule has 0 radical (unpaired) electrons. The molecule has 0 aromatic carbocycles. The lowest BCUT2D eigenvalue weighted by atomic mass is 10.3. The van der Waals surface area contributed by atoms with Gasteiger partial charge in [0.15, 0.2) is 5.83 Å². The smallest absolute Gasteiger partial charge is 0.213 e. The van der Waals surface area contributed by atoms with Crippen molar-refractivity contribution in [1.82, 2.24) is 0 Å². The minimum atomic E-state index is -5.67. The van der Waals surface area contributed by atoms with Crippen LogP contribution in [0.15, 0.2) is 12.2 Å². The van der Waals surface area contributed by atoms with Crippen molar-refractivity contribution >= 4 is 11.6 Å². The van der Waals surface area contributed by atoms with Crippen molar-refractivity contribution in [3.8, 4) is 0 Å². The number of hydrogen-bond acceptors (Lipinski definition) is 0. The summed E-state index contributed by atoms with van der Waals surface area (Å²) >= 11 is 3.99. The average Bonchev–Trinajstić information content (AvgIpc) is 1.83. The Bertz CT molecular complexity index is 168. The fourth-order valence-electron chi connectivity index (χ4n) is 0.204. The molecule has 0 aliphatic carbocycles. The van der Waals surface area contributed by atoms with Crippen LogP contribution >= 0.6 is 11.6 Å². The maximum Gasteiger partial charge on any atom is 0.444 e. The van der Waals surface area contributed by atoms with Crippen LogP contribution in [0.25, 0.3) is 0 Å². The van der Waals surface area contributed by atoms with E-state index in [1.165, 1.54) is 0 Å². The van der Waals surface area contributed by atoms with Gasteiger partial charge in [0, 0.05) is 0 Å². The summed E-state index contributed by atoms with van der Waals surface area (Å²) in [5.41, 5.74) is 0. The predicted octanol–water partition coefficient (Wildman–Crippen LogP) is 3.23. The van der Waals surface area contributed by atoms with Crippen LogP contribution in [-0.4, -0.2) is 11.3 Å². The Morgan fingerprint density at radius 1 is 1.18 bits per heavy atom. The third-order valence-electron chi connectivity index (χ3n) is 0.752. The maximum atomic E-state index is 11.9. The third kappa shape index (κ3) is 2.02. The van der Waals surface area contributed by atoms with Crippen LogP contribution in [0.5, 0.6) is 0 Å². The van der Waals surface area contributed by atoms with Crippen LogP contribution in [0.2, 0.25) is 0 Å².